The lowest BCUT2D eigenvalue weighted by Gasteiger charge is -2.40. The number of para-hydroxylation sites is 1. The second kappa shape index (κ2) is 16.7. The van der Waals surface area contributed by atoms with Crippen molar-refractivity contribution in [2.45, 2.75) is 113 Å². The molecule has 0 amide bonds. The second-order valence-corrected chi connectivity index (χ2v) is 20.8. The van der Waals surface area contributed by atoms with Gasteiger partial charge in [-0.1, -0.05) is 174 Å². The van der Waals surface area contributed by atoms with Gasteiger partial charge in [0.1, 0.15) is 11.6 Å². The number of rotatable bonds is 9. The Morgan fingerprint density at radius 1 is 0.578 bits per heavy atom. The number of phenolic OH excluding ortho intramolecular Hbond substituents is 1. The van der Waals surface area contributed by atoms with E-state index in [1.54, 1.807) is 12.1 Å². The summed E-state index contributed by atoms with van der Waals surface area (Å²) in [7, 11) is 0. The highest BCUT2D eigenvalue weighted by Crippen LogP contribution is 2.47. The molecule has 0 fully saturated rings. The third-order valence-electron chi connectivity index (χ3n) is 13.7. The van der Waals surface area contributed by atoms with Crippen LogP contribution in [0.1, 0.15) is 127 Å². The Bertz CT molecular complexity index is 3110. The number of nitrogens with zero attached hydrogens (tertiary/aromatic N) is 3. The van der Waals surface area contributed by atoms with Crippen molar-refractivity contribution in [1.29, 1.82) is 0 Å². The lowest BCUT2D eigenvalue weighted by Crippen LogP contribution is -2.34. The number of imidazole rings is 1. The molecule has 6 aromatic carbocycles. The van der Waals surface area contributed by atoms with Gasteiger partial charge in [0, 0.05) is 27.0 Å². The zero-order valence-corrected chi connectivity index (χ0v) is 39.7. The molecular weight excluding hydrogens is 779 g/mol. The maximum Gasteiger partial charge on any atom is 0.149 e. The SMILES string of the molecule is [2H]C([2H])([2H])c1ccc(-c2ccnc(-c3cc(-c4cccc5c4nc(-c4cc(C(C)C)cc(C(C)C)c4O)n5-c4ccc(C(C)(C)C(C)(C)C)cc4-c4ccccc4)cc(C(C)(C)C)c3)c2)cc1. The zero-order chi connectivity index (χ0) is 48.4. The molecule has 1 N–H and O–H groups in total. The molecule has 8 aromatic rings. The van der Waals surface area contributed by atoms with Crippen LogP contribution in [-0.4, -0.2) is 19.6 Å². The van der Waals surface area contributed by atoms with Crippen molar-refractivity contribution in [2.75, 3.05) is 0 Å². The molecule has 0 atom stereocenters. The number of aromatic hydroxyl groups is 1. The molecule has 0 spiro atoms. The molecule has 0 radical (unpaired) electrons. The maximum absolute atomic E-state index is 12.4. The van der Waals surface area contributed by atoms with E-state index in [0.717, 1.165) is 78.0 Å². The summed E-state index contributed by atoms with van der Waals surface area (Å²) in [6.07, 6.45) is 1.82. The number of pyridine rings is 1. The maximum atomic E-state index is 12.4. The van der Waals surface area contributed by atoms with Gasteiger partial charge < -0.3 is 5.11 Å². The van der Waals surface area contributed by atoms with Gasteiger partial charge >= 0.3 is 0 Å². The highest BCUT2D eigenvalue weighted by Gasteiger charge is 2.35. The first-order valence-electron chi connectivity index (χ1n) is 24.3. The molecule has 0 aliphatic rings. The molecule has 0 saturated carbocycles. The number of benzene rings is 6. The number of hydrogen-bond donors (Lipinski definition) is 1. The summed E-state index contributed by atoms with van der Waals surface area (Å²) in [6.45, 7) is 24.7. The predicted octanol–water partition coefficient (Wildman–Crippen LogP) is 16.6. The Labute approximate surface area is 386 Å². The van der Waals surface area contributed by atoms with E-state index in [9.17, 15) is 5.11 Å². The largest absolute Gasteiger partial charge is 0.507 e. The van der Waals surface area contributed by atoms with Crippen molar-refractivity contribution >= 4 is 11.0 Å². The zero-order valence-electron chi connectivity index (χ0n) is 42.7. The van der Waals surface area contributed by atoms with Crippen molar-refractivity contribution in [3.05, 3.63) is 167 Å². The van der Waals surface area contributed by atoms with Crippen LogP contribution >= 0.6 is 0 Å². The number of hydrogen-bond acceptors (Lipinski definition) is 3. The van der Waals surface area contributed by atoms with Crippen molar-refractivity contribution < 1.29 is 9.22 Å². The molecule has 2 aromatic heterocycles. The van der Waals surface area contributed by atoms with Gasteiger partial charge in [0.05, 0.1) is 28.0 Å². The van der Waals surface area contributed by atoms with Gasteiger partial charge in [-0.05, 0) is 128 Å². The fourth-order valence-electron chi connectivity index (χ4n) is 8.58. The summed E-state index contributed by atoms with van der Waals surface area (Å²) in [5.74, 6) is 1.24. The molecule has 0 saturated heterocycles. The van der Waals surface area contributed by atoms with Crippen LogP contribution in [0.25, 0.3) is 72.7 Å². The van der Waals surface area contributed by atoms with Crippen LogP contribution in [0, 0.1) is 12.3 Å². The highest BCUT2D eigenvalue weighted by atomic mass is 16.3. The first kappa shape index (κ1) is 40.5. The van der Waals surface area contributed by atoms with E-state index in [2.05, 4.69) is 191 Å². The third-order valence-corrected chi connectivity index (χ3v) is 13.7. The van der Waals surface area contributed by atoms with E-state index >= 15 is 0 Å². The van der Waals surface area contributed by atoms with Crippen LogP contribution in [-0.2, 0) is 10.8 Å². The van der Waals surface area contributed by atoms with Gasteiger partial charge in [-0.25, -0.2) is 4.98 Å². The summed E-state index contributed by atoms with van der Waals surface area (Å²) in [4.78, 5) is 10.6. The number of fused-ring (bicyclic) bond motifs is 1. The molecule has 0 aliphatic carbocycles. The molecule has 4 nitrogen and oxygen atoms in total. The van der Waals surface area contributed by atoms with Crippen LogP contribution < -0.4 is 0 Å². The summed E-state index contributed by atoms with van der Waals surface area (Å²) in [6, 6.07) is 46.1. The first-order valence-corrected chi connectivity index (χ1v) is 22.8. The molecular formula is C60H65N3O. The lowest BCUT2D eigenvalue weighted by molar-refractivity contribution is 0.225. The average Bonchev–Trinajstić information content (AvgIpc) is 3.67. The number of phenols is 1. The van der Waals surface area contributed by atoms with E-state index in [1.807, 2.05) is 24.4 Å². The van der Waals surface area contributed by atoms with Crippen molar-refractivity contribution in [2.24, 2.45) is 5.41 Å². The molecule has 2 heterocycles. The second-order valence-electron chi connectivity index (χ2n) is 20.8. The summed E-state index contributed by atoms with van der Waals surface area (Å²) >= 11 is 0. The highest BCUT2D eigenvalue weighted by molar-refractivity contribution is 5.98. The van der Waals surface area contributed by atoms with E-state index in [1.165, 1.54) is 5.56 Å². The number of aryl methyl sites for hydroxylation is 1. The minimum atomic E-state index is -2.17. The average molecular weight is 847 g/mol. The van der Waals surface area contributed by atoms with Gasteiger partial charge in [-0.2, -0.15) is 0 Å². The first-order chi connectivity index (χ1) is 31.4. The van der Waals surface area contributed by atoms with Crippen LogP contribution in [0.15, 0.2) is 140 Å². The van der Waals surface area contributed by atoms with Crippen LogP contribution in [0.3, 0.4) is 0 Å². The summed E-state index contributed by atoms with van der Waals surface area (Å²) in [5.41, 5.74) is 15.6. The molecule has 4 heteroatoms. The topological polar surface area (TPSA) is 50.9 Å². The van der Waals surface area contributed by atoms with E-state index in [4.69, 9.17) is 14.1 Å². The van der Waals surface area contributed by atoms with Gasteiger partial charge in [0.25, 0.3) is 0 Å². The van der Waals surface area contributed by atoms with Crippen LogP contribution in [0.5, 0.6) is 5.75 Å². The molecule has 0 unspecified atom stereocenters. The quantitative estimate of drug-likeness (QED) is 0.157. The Morgan fingerprint density at radius 3 is 1.95 bits per heavy atom. The minimum absolute atomic E-state index is 0.00913. The Hall–Kier alpha value is -6.26. The Morgan fingerprint density at radius 2 is 1.30 bits per heavy atom. The van der Waals surface area contributed by atoms with E-state index in [-0.39, 0.29) is 33.8 Å². The van der Waals surface area contributed by atoms with Gasteiger partial charge in [-0.15, -0.1) is 0 Å². The predicted molar refractivity (Wildman–Crippen MR) is 272 cm³/mol. The van der Waals surface area contributed by atoms with Crippen LogP contribution in [0.4, 0.5) is 0 Å². The van der Waals surface area contributed by atoms with Gasteiger partial charge in [0.2, 0.25) is 0 Å². The lowest BCUT2D eigenvalue weighted by atomic mass is 9.65. The Balaban J connectivity index is 1.42. The van der Waals surface area contributed by atoms with Gasteiger partial charge in [0.15, 0.2) is 0 Å². The van der Waals surface area contributed by atoms with Crippen molar-refractivity contribution in [1.82, 2.24) is 14.5 Å². The smallest absolute Gasteiger partial charge is 0.149 e. The molecule has 0 aliphatic heterocycles. The standard InChI is InChI=1S/C60H65N3O/c1-37(2)43-33-49(38(3)4)56(64)51(34-43)57-62-55-48(44-30-45(32-47(31-44)58(6,7)8)52-35-42(28-29-61-52)40-24-22-39(5)23-25-40)20-17-21-54(55)63(57)53-27-26-46(60(12,13)59(9,10)11)36-50(53)41-18-15-14-16-19-41/h14-38,64H,1-13H3/i5D3. The minimum Gasteiger partial charge on any atom is -0.507 e. The molecule has 8 rings (SSSR count). The van der Waals surface area contributed by atoms with Gasteiger partial charge in [-0.3, -0.25) is 9.55 Å². The fraction of sp³-hybridized carbons (Fsp3) is 0.300. The molecule has 326 valence electrons. The van der Waals surface area contributed by atoms with E-state index < -0.39 is 6.85 Å². The summed E-state index contributed by atoms with van der Waals surface area (Å²) in [5, 5.41) is 12.4. The number of aromatic nitrogens is 3. The monoisotopic (exact) mass is 847 g/mol. The third kappa shape index (κ3) is 8.31. The molecule has 0 bridgehead atoms. The fourth-order valence-corrected chi connectivity index (χ4v) is 8.58. The van der Waals surface area contributed by atoms with Crippen molar-refractivity contribution in [3.63, 3.8) is 0 Å². The van der Waals surface area contributed by atoms with E-state index in [0.29, 0.717) is 17.0 Å². The Kier molecular flexibility index (Phi) is 10.6. The summed E-state index contributed by atoms with van der Waals surface area (Å²) < 4.78 is 25.9. The normalized spacial score (nSPS) is 13.4. The molecule has 64 heavy (non-hydrogen) atoms. The van der Waals surface area contributed by atoms with Crippen LogP contribution in [0.2, 0.25) is 0 Å². The van der Waals surface area contributed by atoms with Crippen molar-refractivity contribution in [3.8, 4) is 67.5 Å².